The van der Waals surface area contributed by atoms with Gasteiger partial charge in [-0.05, 0) is 64.6 Å². The number of carboxylic acids is 1. The molecular weight excluding hydrogens is 436 g/mol. The number of rotatable bonds is 6. The number of carbonyl (C=O) groups is 1. The molecule has 3 aromatic carbocycles. The van der Waals surface area contributed by atoms with Crippen LogP contribution in [-0.2, 0) is 10.2 Å². The van der Waals surface area contributed by atoms with Gasteiger partial charge in [0.25, 0.3) is 9.04 Å². The predicted molar refractivity (Wildman–Crippen MR) is 142 cm³/mol. The number of hydrogen-bond acceptors (Lipinski definition) is 2. The van der Waals surface area contributed by atoms with E-state index in [2.05, 4.69) is 99.6 Å². The van der Waals surface area contributed by atoms with Crippen molar-refractivity contribution < 1.29 is 14.3 Å². The first-order chi connectivity index (χ1) is 16.3. The molecule has 0 heterocycles. The number of aliphatic carboxylic acids is 1. The van der Waals surface area contributed by atoms with E-state index in [1.54, 1.807) is 0 Å². The van der Waals surface area contributed by atoms with Crippen LogP contribution in [0, 0.1) is 0 Å². The Kier molecular flexibility index (Phi) is 7.37. The highest BCUT2D eigenvalue weighted by Crippen LogP contribution is 2.41. The van der Waals surface area contributed by atoms with E-state index < -0.39 is 15.0 Å². The van der Waals surface area contributed by atoms with Crippen LogP contribution in [0.3, 0.4) is 0 Å². The first-order valence-corrected chi connectivity index (χ1v) is 13.8. The standard InChI is InChI=1S/C30H34O3Si/c1-30(2,3)24-18-19-27(23-16-14-22(15-17-23)20-29(31)32)28(21-24)33-34(25-10-6-4-7-11-25)26-12-8-5-9-13-26/h4-13,18-21,23,34H,14-17H2,1-3H3,(H,31,32). The molecule has 1 aliphatic carbocycles. The van der Waals surface area contributed by atoms with Crippen molar-refractivity contribution in [3.05, 3.63) is 102 Å². The molecule has 4 heteroatoms. The van der Waals surface area contributed by atoms with Crippen molar-refractivity contribution in [2.45, 2.75) is 57.8 Å². The molecule has 0 saturated heterocycles. The van der Waals surface area contributed by atoms with Gasteiger partial charge in [-0.15, -0.1) is 0 Å². The van der Waals surface area contributed by atoms with E-state index in [4.69, 9.17) is 9.53 Å². The van der Waals surface area contributed by atoms with Gasteiger partial charge in [0.2, 0.25) is 0 Å². The van der Waals surface area contributed by atoms with Crippen LogP contribution in [0.25, 0.3) is 0 Å². The van der Waals surface area contributed by atoms with Gasteiger partial charge < -0.3 is 9.53 Å². The third kappa shape index (κ3) is 5.87. The van der Waals surface area contributed by atoms with Crippen LogP contribution in [0.1, 0.15) is 63.5 Å². The van der Waals surface area contributed by atoms with Gasteiger partial charge >= 0.3 is 5.97 Å². The van der Waals surface area contributed by atoms with Crippen molar-refractivity contribution >= 4 is 25.4 Å². The van der Waals surface area contributed by atoms with Gasteiger partial charge in [0.1, 0.15) is 5.75 Å². The minimum atomic E-state index is -1.96. The maximum Gasteiger partial charge on any atom is 0.328 e. The fourth-order valence-corrected chi connectivity index (χ4v) is 7.03. The summed E-state index contributed by atoms with van der Waals surface area (Å²) >= 11 is 0. The van der Waals surface area contributed by atoms with Gasteiger partial charge in [-0.2, -0.15) is 0 Å². The second-order valence-electron chi connectivity index (χ2n) is 10.2. The fraction of sp³-hybridized carbons (Fsp3) is 0.300. The summed E-state index contributed by atoms with van der Waals surface area (Å²) < 4.78 is 7.03. The van der Waals surface area contributed by atoms with Crippen LogP contribution in [0.15, 0.2) is 90.5 Å². The zero-order valence-corrected chi connectivity index (χ0v) is 21.5. The zero-order valence-electron chi connectivity index (χ0n) is 20.3. The Morgan fingerprint density at radius 1 is 0.912 bits per heavy atom. The summed E-state index contributed by atoms with van der Waals surface area (Å²) in [5, 5.41) is 11.6. The lowest BCUT2D eigenvalue weighted by Crippen LogP contribution is -2.47. The monoisotopic (exact) mass is 470 g/mol. The van der Waals surface area contributed by atoms with Crippen LogP contribution in [0.2, 0.25) is 0 Å². The lowest BCUT2D eigenvalue weighted by Gasteiger charge is -2.30. The molecule has 34 heavy (non-hydrogen) atoms. The maximum atomic E-state index is 11.1. The molecule has 4 rings (SSSR count). The van der Waals surface area contributed by atoms with E-state index in [-0.39, 0.29) is 5.41 Å². The van der Waals surface area contributed by atoms with Crippen molar-refractivity contribution in [2.24, 2.45) is 0 Å². The molecule has 1 fully saturated rings. The van der Waals surface area contributed by atoms with Crippen molar-refractivity contribution in [3.63, 3.8) is 0 Å². The Balaban J connectivity index is 1.72. The Bertz CT molecular complexity index is 1100. The van der Waals surface area contributed by atoms with E-state index in [9.17, 15) is 4.79 Å². The Labute approximate surface area is 204 Å². The molecule has 176 valence electrons. The summed E-state index contributed by atoms with van der Waals surface area (Å²) in [6.07, 6.45) is 4.95. The molecule has 1 N–H and O–H groups in total. The van der Waals surface area contributed by atoms with Gasteiger partial charge in [0.15, 0.2) is 0 Å². The summed E-state index contributed by atoms with van der Waals surface area (Å²) in [7, 11) is -1.96. The summed E-state index contributed by atoms with van der Waals surface area (Å²) in [6, 6.07) is 27.9. The van der Waals surface area contributed by atoms with Crippen molar-refractivity contribution in [2.75, 3.05) is 0 Å². The average molecular weight is 471 g/mol. The highest BCUT2D eigenvalue weighted by molar-refractivity contribution is 6.80. The second-order valence-corrected chi connectivity index (χ2v) is 12.6. The first-order valence-electron chi connectivity index (χ1n) is 12.1. The van der Waals surface area contributed by atoms with Crippen molar-refractivity contribution in [1.82, 2.24) is 0 Å². The zero-order chi connectivity index (χ0) is 24.1. The Hall–Kier alpha value is -3.11. The van der Waals surface area contributed by atoms with Crippen molar-refractivity contribution in [3.8, 4) is 5.75 Å². The largest absolute Gasteiger partial charge is 0.537 e. The van der Waals surface area contributed by atoms with E-state index in [1.807, 2.05) is 0 Å². The highest BCUT2D eigenvalue weighted by atomic mass is 28.3. The molecular formula is C30H34O3Si. The highest BCUT2D eigenvalue weighted by Gasteiger charge is 2.27. The quantitative estimate of drug-likeness (QED) is 0.378. The van der Waals surface area contributed by atoms with E-state index in [0.29, 0.717) is 5.92 Å². The molecule has 3 aromatic rings. The molecule has 0 bridgehead atoms. The smallest absolute Gasteiger partial charge is 0.328 e. The number of allylic oxidation sites excluding steroid dienone is 1. The van der Waals surface area contributed by atoms with E-state index in [1.165, 1.54) is 27.6 Å². The predicted octanol–water partition coefficient (Wildman–Crippen LogP) is 5.57. The van der Waals surface area contributed by atoms with Crippen LogP contribution in [0.4, 0.5) is 0 Å². The third-order valence-corrected chi connectivity index (χ3v) is 9.19. The molecule has 0 aromatic heterocycles. The van der Waals surface area contributed by atoms with Gasteiger partial charge in [0, 0.05) is 6.08 Å². The maximum absolute atomic E-state index is 11.1. The van der Waals surface area contributed by atoms with Gasteiger partial charge in [-0.3, -0.25) is 0 Å². The summed E-state index contributed by atoms with van der Waals surface area (Å²) in [5.74, 6) is 0.523. The number of benzene rings is 3. The first kappa shape index (κ1) is 24.0. The molecule has 0 radical (unpaired) electrons. The van der Waals surface area contributed by atoms with Crippen LogP contribution in [-0.4, -0.2) is 20.1 Å². The van der Waals surface area contributed by atoms with Crippen LogP contribution in [0.5, 0.6) is 5.75 Å². The average Bonchev–Trinajstić information content (AvgIpc) is 2.83. The fourth-order valence-electron chi connectivity index (χ4n) is 4.77. The molecule has 0 spiro atoms. The molecule has 0 atom stereocenters. The molecule has 1 aliphatic rings. The van der Waals surface area contributed by atoms with Crippen LogP contribution < -0.4 is 14.8 Å². The van der Waals surface area contributed by atoms with E-state index in [0.717, 1.165) is 37.0 Å². The second kappa shape index (κ2) is 10.4. The van der Waals surface area contributed by atoms with E-state index >= 15 is 0 Å². The molecule has 0 aliphatic heterocycles. The Morgan fingerprint density at radius 2 is 1.47 bits per heavy atom. The normalized spacial score (nSPS) is 16.4. The minimum Gasteiger partial charge on any atom is -0.537 e. The number of carboxylic acid groups (broad SMARTS) is 1. The summed E-state index contributed by atoms with van der Waals surface area (Å²) in [6.45, 7) is 6.70. The third-order valence-electron chi connectivity index (χ3n) is 6.72. The summed E-state index contributed by atoms with van der Waals surface area (Å²) in [5.41, 5.74) is 3.59. The summed E-state index contributed by atoms with van der Waals surface area (Å²) in [4.78, 5) is 11.1. The Morgan fingerprint density at radius 3 is 1.97 bits per heavy atom. The van der Waals surface area contributed by atoms with Crippen molar-refractivity contribution in [1.29, 1.82) is 0 Å². The SMILES string of the molecule is CC(C)(C)c1ccc(C2CCC(=CC(=O)O)CC2)c(O[SiH](c2ccccc2)c2ccccc2)c1. The van der Waals surface area contributed by atoms with Gasteiger partial charge in [0.05, 0.1) is 0 Å². The molecule has 0 unspecified atom stereocenters. The molecule has 3 nitrogen and oxygen atoms in total. The number of hydrogen-bond donors (Lipinski definition) is 1. The molecule has 0 amide bonds. The van der Waals surface area contributed by atoms with Gasteiger partial charge in [-0.25, -0.2) is 4.79 Å². The minimum absolute atomic E-state index is 0.0249. The lowest BCUT2D eigenvalue weighted by molar-refractivity contribution is -0.131. The van der Waals surface area contributed by atoms with Crippen LogP contribution >= 0.6 is 0 Å². The lowest BCUT2D eigenvalue weighted by atomic mass is 9.79. The molecule has 1 saturated carbocycles. The van der Waals surface area contributed by atoms with Gasteiger partial charge in [-0.1, -0.05) is 99.1 Å². The topological polar surface area (TPSA) is 46.5 Å².